The first-order valence-electron chi connectivity index (χ1n) is 7.83. The quantitative estimate of drug-likeness (QED) is 0.791. The number of rotatable bonds is 3. The number of piperidine rings is 1. The van der Waals surface area contributed by atoms with Crippen molar-refractivity contribution >= 4 is 11.7 Å². The Morgan fingerprint density at radius 2 is 1.50 bits per heavy atom. The summed E-state index contributed by atoms with van der Waals surface area (Å²) in [6.07, 6.45) is 3.21. The lowest BCUT2D eigenvalue weighted by Gasteiger charge is -2.34. The highest BCUT2D eigenvalue weighted by Crippen LogP contribution is 2.28. The predicted octanol–water partition coefficient (Wildman–Crippen LogP) is 3.67. The van der Waals surface area contributed by atoms with Crippen molar-refractivity contribution in [2.24, 2.45) is 16.7 Å². The molecule has 1 aliphatic rings. The van der Waals surface area contributed by atoms with Crippen LogP contribution in [0.2, 0.25) is 0 Å². The van der Waals surface area contributed by atoms with Gasteiger partial charge < -0.3 is 4.90 Å². The molecule has 1 saturated heterocycles. The van der Waals surface area contributed by atoms with Crippen molar-refractivity contribution in [3.05, 3.63) is 0 Å². The molecule has 0 aliphatic carbocycles. The van der Waals surface area contributed by atoms with Crippen LogP contribution in [0.3, 0.4) is 0 Å². The Morgan fingerprint density at radius 1 is 1.00 bits per heavy atom. The number of ketones is 1. The second-order valence-corrected chi connectivity index (χ2v) is 8.33. The average molecular weight is 281 g/mol. The van der Waals surface area contributed by atoms with E-state index >= 15 is 0 Å². The fourth-order valence-corrected chi connectivity index (χ4v) is 2.64. The molecule has 0 aromatic heterocycles. The topological polar surface area (TPSA) is 37.4 Å². The fraction of sp³-hybridized carbons (Fsp3) is 0.882. The lowest BCUT2D eigenvalue weighted by atomic mass is 9.79. The summed E-state index contributed by atoms with van der Waals surface area (Å²) in [7, 11) is 0. The highest BCUT2D eigenvalue weighted by Gasteiger charge is 2.33. The van der Waals surface area contributed by atoms with E-state index in [0.29, 0.717) is 12.2 Å². The first-order chi connectivity index (χ1) is 9.00. The minimum absolute atomic E-state index is 0.140. The van der Waals surface area contributed by atoms with Crippen LogP contribution in [0, 0.1) is 16.7 Å². The minimum Gasteiger partial charge on any atom is -0.343 e. The minimum atomic E-state index is -0.261. The molecule has 116 valence electrons. The molecular weight excluding hydrogens is 250 g/mol. The van der Waals surface area contributed by atoms with E-state index in [-0.39, 0.29) is 22.7 Å². The van der Waals surface area contributed by atoms with Gasteiger partial charge in [0.1, 0.15) is 5.78 Å². The van der Waals surface area contributed by atoms with Gasteiger partial charge in [-0.2, -0.15) is 0 Å². The predicted molar refractivity (Wildman–Crippen MR) is 82.5 cm³/mol. The standard InChI is InChI=1S/C17H31NO2/c1-16(2,3)10-7-14(19)18-11-8-13(9-12-18)15(20)17(4,5)6/h13H,7-12H2,1-6H3. The molecule has 0 saturated carbocycles. The summed E-state index contributed by atoms with van der Waals surface area (Å²) in [6.45, 7) is 13.9. The van der Waals surface area contributed by atoms with Gasteiger partial charge in [-0.15, -0.1) is 0 Å². The second kappa shape index (κ2) is 6.28. The van der Waals surface area contributed by atoms with Crippen LogP contribution in [0.4, 0.5) is 0 Å². The molecule has 0 spiro atoms. The van der Waals surface area contributed by atoms with Gasteiger partial charge >= 0.3 is 0 Å². The number of hydrogen-bond donors (Lipinski definition) is 0. The van der Waals surface area contributed by atoms with Crippen molar-refractivity contribution in [1.29, 1.82) is 0 Å². The molecule has 3 heteroatoms. The van der Waals surface area contributed by atoms with E-state index in [2.05, 4.69) is 20.8 Å². The van der Waals surface area contributed by atoms with Crippen LogP contribution < -0.4 is 0 Å². The van der Waals surface area contributed by atoms with Crippen LogP contribution in [0.1, 0.15) is 67.2 Å². The zero-order valence-corrected chi connectivity index (χ0v) is 14.1. The monoisotopic (exact) mass is 281 g/mol. The molecule has 0 N–H and O–H groups in total. The number of amides is 1. The van der Waals surface area contributed by atoms with E-state index in [4.69, 9.17) is 0 Å². The molecule has 0 radical (unpaired) electrons. The summed E-state index contributed by atoms with van der Waals surface area (Å²) in [5, 5.41) is 0. The van der Waals surface area contributed by atoms with Gasteiger partial charge in [-0.3, -0.25) is 9.59 Å². The third-order valence-electron chi connectivity index (χ3n) is 4.05. The van der Waals surface area contributed by atoms with Crippen LogP contribution >= 0.6 is 0 Å². The van der Waals surface area contributed by atoms with Crippen molar-refractivity contribution in [2.75, 3.05) is 13.1 Å². The molecule has 0 atom stereocenters. The smallest absolute Gasteiger partial charge is 0.222 e. The molecule has 0 aromatic rings. The molecule has 1 fully saturated rings. The van der Waals surface area contributed by atoms with Crippen LogP contribution in [-0.2, 0) is 9.59 Å². The van der Waals surface area contributed by atoms with Gasteiger partial charge in [0, 0.05) is 30.8 Å². The maximum Gasteiger partial charge on any atom is 0.222 e. The Hall–Kier alpha value is -0.860. The third-order valence-corrected chi connectivity index (χ3v) is 4.05. The zero-order chi connectivity index (χ0) is 15.6. The number of Topliss-reactive ketones (excluding diaryl/α,β-unsaturated/α-hetero) is 1. The first-order valence-corrected chi connectivity index (χ1v) is 7.83. The Morgan fingerprint density at radius 3 is 1.90 bits per heavy atom. The molecule has 0 bridgehead atoms. The summed E-state index contributed by atoms with van der Waals surface area (Å²) in [4.78, 5) is 26.4. The Bertz CT molecular complexity index is 352. The Balaban J connectivity index is 2.42. The second-order valence-electron chi connectivity index (χ2n) is 8.33. The maximum absolute atomic E-state index is 12.2. The van der Waals surface area contributed by atoms with Crippen molar-refractivity contribution in [3.8, 4) is 0 Å². The van der Waals surface area contributed by atoms with E-state index in [1.807, 2.05) is 25.7 Å². The summed E-state index contributed by atoms with van der Waals surface area (Å²) in [6, 6.07) is 0. The molecule has 1 rings (SSSR count). The number of likely N-dealkylation sites (tertiary alicyclic amines) is 1. The Labute approximate surface area is 124 Å². The molecule has 20 heavy (non-hydrogen) atoms. The third kappa shape index (κ3) is 5.26. The number of nitrogens with zero attached hydrogens (tertiary/aromatic N) is 1. The highest BCUT2D eigenvalue weighted by atomic mass is 16.2. The SMILES string of the molecule is CC(C)(C)CCC(=O)N1CCC(C(=O)C(C)(C)C)CC1. The Kier molecular flexibility index (Phi) is 5.39. The summed E-state index contributed by atoms with van der Waals surface area (Å²) in [5.41, 5.74) is -0.0563. The van der Waals surface area contributed by atoms with Gasteiger partial charge in [-0.25, -0.2) is 0 Å². The van der Waals surface area contributed by atoms with E-state index in [1.165, 1.54) is 0 Å². The van der Waals surface area contributed by atoms with E-state index in [0.717, 1.165) is 32.4 Å². The summed E-state index contributed by atoms with van der Waals surface area (Å²) in [5.74, 6) is 0.738. The molecule has 1 aliphatic heterocycles. The summed E-state index contributed by atoms with van der Waals surface area (Å²) < 4.78 is 0. The largest absolute Gasteiger partial charge is 0.343 e. The van der Waals surface area contributed by atoms with Gasteiger partial charge in [0.2, 0.25) is 5.91 Å². The van der Waals surface area contributed by atoms with Gasteiger partial charge in [-0.1, -0.05) is 41.5 Å². The zero-order valence-electron chi connectivity index (χ0n) is 14.1. The van der Waals surface area contributed by atoms with Crippen molar-refractivity contribution in [1.82, 2.24) is 4.90 Å². The normalized spacial score (nSPS) is 18.2. The molecule has 0 aromatic carbocycles. The molecule has 1 heterocycles. The van der Waals surface area contributed by atoms with E-state index in [1.54, 1.807) is 0 Å². The van der Waals surface area contributed by atoms with Gasteiger partial charge in [0.05, 0.1) is 0 Å². The van der Waals surface area contributed by atoms with Gasteiger partial charge in [-0.05, 0) is 24.7 Å². The lowest BCUT2D eigenvalue weighted by molar-refractivity contribution is -0.137. The average Bonchev–Trinajstić information content (AvgIpc) is 2.33. The molecule has 1 amide bonds. The lowest BCUT2D eigenvalue weighted by Crippen LogP contribution is -2.42. The summed E-state index contributed by atoms with van der Waals surface area (Å²) >= 11 is 0. The molecular formula is C17H31NO2. The van der Waals surface area contributed by atoms with E-state index in [9.17, 15) is 9.59 Å². The number of carbonyl (C=O) groups is 2. The van der Waals surface area contributed by atoms with Crippen LogP contribution in [-0.4, -0.2) is 29.7 Å². The van der Waals surface area contributed by atoms with Crippen molar-refractivity contribution in [2.45, 2.75) is 67.2 Å². The van der Waals surface area contributed by atoms with Gasteiger partial charge in [0.25, 0.3) is 0 Å². The molecule has 3 nitrogen and oxygen atoms in total. The number of carbonyl (C=O) groups excluding carboxylic acids is 2. The van der Waals surface area contributed by atoms with E-state index < -0.39 is 0 Å². The van der Waals surface area contributed by atoms with Crippen molar-refractivity contribution in [3.63, 3.8) is 0 Å². The molecule has 0 unspecified atom stereocenters. The van der Waals surface area contributed by atoms with Crippen LogP contribution in [0.25, 0.3) is 0 Å². The van der Waals surface area contributed by atoms with Crippen LogP contribution in [0.5, 0.6) is 0 Å². The highest BCUT2D eigenvalue weighted by molar-refractivity contribution is 5.86. The number of hydrogen-bond acceptors (Lipinski definition) is 2. The fourth-order valence-electron chi connectivity index (χ4n) is 2.64. The van der Waals surface area contributed by atoms with Crippen LogP contribution in [0.15, 0.2) is 0 Å². The van der Waals surface area contributed by atoms with Gasteiger partial charge in [0.15, 0.2) is 0 Å². The maximum atomic E-state index is 12.2. The first kappa shape index (κ1) is 17.2. The van der Waals surface area contributed by atoms with Crippen molar-refractivity contribution < 1.29 is 9.59 Å².